The van der Waals surface area contributed by atoms with Crippen LogP contribution in [0.5, 0.6) is 0 Å². The quantitative estimate of drug-likeness (QED) is 0.799. The number of nitriles is 1. The van der Waals surface area contributed by atoms with Crippen LogP contribution >= 0.6 is 23.1 Å². The molecule has 1 saturated heterocycles. The second kappa shape index (κ2) is 5.56. The lowest BCUT2D eigenvalue weighted by atomic mass is 9.99. The van der Waals surface area contributed by atoms with Crippen LogP contribution in [0, 0.1) is 17.2 Å². The van der Waals surface area contributed by atoms with Crippen molar-refractivity contribution in [2.45, 2.75) is 25.0 Å². The van der Waals surface area contributed by atoms with Gasteiger partial charge in [0, 0.05) is 23.7 Å². The van der Waals surface area contributed by atoms with Gasteiger partial charge in [0.2, 0.25) is 0 Å². The largest absolute Gasteiger partial charge is 0.337 e. The van der Waals surface area contributed by atoms with E-state index in [0.29, 0.717) is 6.54 Å². The topological polar surface area (TPSA) is 44.1 Å². The number of nitrogens with zero attached hydrogens (tertiary/aromatic N) is 2. The van der Waals surface area contributed by atoms with E-state index in [1.807, 2.05) is 16.7 Å². The molecule has 5 heteroatoms. The Kier molecular flexibility index (Phi) is 3.81. The number of carbonyl (C=O) groups excluding carboxylic acids is 1. The summed E-state index contributed by atoms with van der Waals surface area (Å²) in [6, 6.07) is 4.37. The van der Waals surface area contributed by atoms with Crippen molar-refractivity contribution in [2.75, 3.05) is 18.8 Å². The summed E-state index contributed by atoms with van der Waals surface area (Å²) >= 11 is 3.60. The molecule has 0 radical (unpaired) electrons. The van der Waals surface area contributed by atoms with Gasteiger partial charge in [-0.2, -0.15) is 17.0 Å². The lowest BCUT2D eigenvalue weighted by molar-refractivity contribution is 0.0703. The summed E-state index contributed by atoms with van der Waals surface area (Å²) in [5.41, 5.74) is 1.35. The zero-order chi connectivity index (χ0) is 13.2. The number of rotatable bonds is 1. The van der Waals surface area contributed by atoms with Crippen LogP contribution in [0.4, 0.5) is 0 Å². The van der Waals surface area contributed by atoms with E-state index in [1.165, 1.54) is 16.2 Å². The molecule has 3 heterocycles. The SMILES string of the molecule is N#CC1CCCN(C(=O)c2cc3c(s2)CCSC3)C1. The number of carbonyl (C=O) groups is 1. The minimum Gasteiger partial charge on any atom is -0.337 e. The van der Waals surface area contributed by atoms with E-state index in [2.05, 4.69) is 12.1 Å². The average molecular weight is 292 g/mol. The van der Waals surface area contributed by atoms with Gasteiger partial charge in [-0.25, -0.2) is 0 Å². The Bertz CT molecular complexity index is 509. The van der Waals surface area contributed by atoms with Crippen LogP contribution in [0.2, 0.25) is 0 Å². The van der Waals surface area contributed by atoms with E-state index >= 15 is 0 Å². The molecule has 2 aliphatic rings. The molecule has 3 rings (SSSR count). The molecule has 3 nitrogen and oxygen atoms in total. The highest BCUT2D eigenvalue weighted by atomic mass is 32.2. The molecule has 0 saturated carbocycles. The number of aryl methyl sites for hydroxylation is 1. The van der Waals surface area contributed by atoms with E-state index < -0.39 is 0 Å². The Balaban J connectivity index is 1.76. The molecule has 0 bridgehead atoms. The highest BCUT2D eigenvalue weighted by Gasteiger charge is 2.26. The monoisotopic (exact) mass is 292 g/mol. The van der Waals surface area contributed by atoms with Gasteiger partial charge in [0.15, 0.2) is 0 Å². The van der Waals surface area contributed by atoms with Gasteiger partial charge < -0.3 is 4.90 Å². The summed E-state index contributed by atoms with van der Waals surface area (Å²) in [6.07, 6.45) is 2.97. The summed E-state index contributed by atoms with van der Waals surface area (Å²) in [5.74, 6) is 2.36. The van der Waals surface area contributed by atoms with Gasteiger partial charge in [-0.1, -0.05) is 0 Å². The summed E-state index contributed by atoms with van der Waals surface area (Å²) < 4.78 is 0. The average Bonchev–Trinajstić information content (AvgIpc) is 2.90. The number of amides is 1. The van der Waals surface area contributed by atoms with Gasteiger partial charge in [0.25, 0.3) is 5.91 Å². The highest BCUT2D eigenvalue weighted by Crippen LogP contribution is 2.32. The van der Waals surface area contributed by atoms with E-state index in [0.717, 1.165) is 36.4 Å². The van der Waals surface area contributed by atoms with E-state index in [4.69, 9.17) is 5.26 Å². The fourth-order valence-electron chi connectivity index (χ4n) is 2.68. The molecule has 100 valence electrons. The van der Waals surface area contributed by atoms with Crippen molar-refractivity contribution in [3.63, 3.8) is 0 Å². The second-order valence-corrected chi connectivity index (χ2v) is 7.32. The third-order valence-corrected chi connectivity index (χ3v) is 5.96. The molecule has 1 amide bonds. The number of fused-ring (bicyclic) bond motifs is 1. The van der Waals surface area contributed by atoms with Crippen LogP contribution in [-0.2, 0) is 12.2 Å². The zero-order valence-corrected chi connectivity index (χ0v) is 12.4. The Morgan fingerprint density at radius 1 is 1.53 bits per heavy atom. The molecule has 1 aromatic heterocycles. The number of piperidine rings is 1. The first-order valence-corrected chi connectivity index (χ1v) is 8.63. The van der Waals surface area contributed by atoms with Crippen molar-refractivity contribution in [2.24, 2.45) is 5.92 Å². The van der Waals surface area contributed by atoms with Gasteiger partial charge >= 0.3 is 0 Å². The van der Waals surface area contributed by atoms with E-state index in [1.54, 1.807) is 11.3 Å². The van der Waals surface area contributed by atoms with Crippen molar-refractivity contribution < 1.29 is 4.79 Å². The number of hydrogen-bond acceptors (Lipinski definition) is 4. The van der Waals surface area contributed by atoms with Crippen molar-refractivity contribution in [1.82, 2.24) is 4.90 Å². The van der Waals surface area contributed by atoms with Crippen molar-refractivity contribution in [1.29, 1.82) is 5.26 Å². The first kappa shape index (κ1) is 13.0. The van der Waals surface area contributed by atoms with Crippen molar-refractivity contribution in [3.05, 3.63) is 21.4 Å². The van der Waals surface area contributed by atoms with Gasteiger partial charge in [0.05, 0.1) is 16.9 Å². The van der Waals surface area contributed by atoms with E-state index in [-0.39, 0.29) is 11.8 Å². The number of hydrogen-bond donors (Lipinski definition) is 0. The number of thiophene rings is 1. The Morgan fingerprint density at radius 2 is 2.42 bits per heavy atom. The Hall–Kier alpha value is -0.990. The molecular formula is C14H16N2OS2. The maximum Gasteiger partial charge on any atom is 0.263 e. The minimum atomic E-state index is 0.0165. The predicted molar refractivity (Wildman–Crippen MR) is 78.4 cm³/mol. The first-order chi connectivity index (χ1) is 9.28. The molecule has 1 atom stereocenters. The van der Waals surface area contributed by atoms with Crippen molar-refractivity contribution in [3.8, 4) is 6.07 Å². The highest BCUT2D eigenvalue weighted by molar-refractivity contribution is 7.98. The maximum absolute atomic E-state index is 12.5. The molecule has 1 aromatic rings. The molecule has 19 heavy (non-hydrogen) atoms. The second-order valence-electron chi connectivity index (χ2n) is 5.08. The summed E-state index contributed by atoms with van der Waals surface area (Å²) in [7, 11) is 0. The van der Waals surface area contributed by atoms with E-state index in [9.17, 15) is 4.79 Å². The molecule has 2 aliphatic heterocycles. The van der Waals surface area contributed by atoms with Gasteiger partial charge in [-0.15, -0.1) is 11.3 Å². The first-order valence-electron chi connectivity index (χ1n) is 6.66. The van der Waals surface area contributed by atoms with Crippen molar-refractivity contribution >= 4 is 29.0 Å². The fraction of sp³-hybridized carbons (Fsp3) is 0.571. The van der Waals surface area contributed by atoms with Crippen LogP contribution in [0.3, 0.4) is 0 Å². The summed E-state index contributed by atoms with van der Waals surface area (Å²) in [5, 5.41) is 9.01. The third kappa shape index (κ3) is 2.65. The fourth-order valence-corrected chi connectivity index (χ4v) is 5.02. The molecule has 1 fully saturated rings. The summed E-state index contributed by atoms with van der Waals surface area (Å²) in [4.78, 5) is 16.6. The lowest BCUT2D eigenvalue weighted by Crippen LogP contribution is -2.39. The molecule has 0 aromatic carbocycles. The standard InChI is InChI=1S/C14H16N2OS2/c15-7-10-2-1-4-16(8-10)14(17)13-6-11-9-18-5-3-12(11)19-13/h6,10H,1-5,8-9H2. The molecule has 0 N–H and O–H groups in total. The van der Waals surface area contributed by atoms with Crippen LogP contribution < -0.4 is 0 Å². The Morgan fingerprint density at radius 3 is 3.21 bits per heavy atom. The van der Waals surface area contributed by atoms with Crippen LogP contribution in [-0.4, -0.2) is 29.6 Å². The van der Waals surface area contributed by atoms with Gasteiger partial charge in [0.1, 0.15) is 0 Å². The zero-order valence-electron chi connectivity index (χ0n) is 10.7. The number of thioether (sulfide) groups is 1. The third-order valence-electron chi connectivity index (χ3n) is 3.73. The molecule has 1 unspecified atom stereocenters. The van der Waals surface area contributed by atoms with Gasteiger partial charge in [-0.05, 0) is 36.6 Å². The van der Waals surface area contributed by atoms with Crippen LogP contribution in [0.1, 0.15) is 33.0 Å². The summed E-state index contributed by atoms with van der Waals surface area (Å²) in [6.45, 7) is 1.40. The number of likely N-dealkylation sites (tertiary alicyclic amines) is 1. The van der Waals surface area contributed by atoms with Gasteiger partial charge in [-0.3, -0.25) is 4.79 Å². The Labute approximate surface area is 121 Å². The smallest absolute Gasteiger partial charge is 0.263 e. The van der Waals surface area contributed by atoms with Crippen LogP contribution in [0.25, 0.3) is 0 Å². The van der Waals surface area contributed by atoms with Crippen LogP contribution in [0.15, 0.2) is 6.07 Å². The maximum atomic E-state index is 12.5. The predicted octanol–water partition coefficient (Wildman–Crippen LogP) is 2.91. The molecular weight excluding hydrogens is 276 g/mol. The lowest BCUT2D eigenvalue weighted by Gasteiger charge is -2.29. The minimum absolute atomic E-state index is 0.0165. The molecule has 0 aliphatic carbocycles. The normalized spacial score (nSPS) is 22.7. The molecule has 0 spiro atoms.